The second-order valence-corrected chi connectivity index (χ2v) is 4.52. The number of oxime groups is 1. The van der Waals surface area contributed by atoms with Crippen LogP contribution in [0.5, 0.6) is 0 Å². The molecule has 0 aromatic heterocycles. The van der Waals surface area contributed by atoms with E-state index >= 15 is 0 Å². The Morgan fingerprint density at radius 2 is 2.22 bits per heavy atom. The number of rotatable bonds is 5. The molecule has 1 amide bonds. The Labute approximate surface area is 112 Å². The lowest BCUT2D eigenvalue weighted by atomic mass is 10.2. The monoisotopic (exact) mass is 317 g/mol. The minimum absolute atomic E-state index is 0.109. The Bertz CT molecular complexity index is 445. The second kappa shape index (κ2) is 6.95. The van der Waals surface area contributed by atoms with Gasteiger partial charge in [-0.15, -0.1) is 0 Å². The standard InChI is InChI=1S/C11H13BrFN3O2/c12-8-4-7(5-9(13)6-8)11(17)15-3-1-2-10(14)16-18/h4-6,18H,1-3H2,(H2,14,16)(H,15,17). The van der Waals surface area contributed by atoms with E-state index in [1.807, 2.05) is 0 Å². The molecule has 0 saturated carbocycles. The van der Waals surface area contributed by atoms with Crippen molar-refractivity contribution in [1.82, 2.24) is 5.32 Å². The Balaban J connectivity index is 2.46. The molecule has 0 radical (unpaired) electrons. The molecule has 1 rings (SSSR count). The van der Waals surface area contributed by atoms with Crippen molar-refractivity contribution in [2.24, 2.45) is 10.9 Å². The summed E-state index contributed by atoms with van der Waals surface area (Å²) in [6.45, 7) is 0.364. The van der Waals surface area contributed by atoms with Gasteiger partial charge in [0.2, 0.25) is 0 Å². The lowest BCUT2D eigenvalue weighted by Gasteiger charge is -2.05. The van der Waals surface area contributed by atoms with Crippen molar-refractivity contribution >= 4 is 27.7 Å². The van der Waals surface area contributed by atoms with Crippen molar-refractivity contribution in [2.75, 3.05) is 6.54 Å². The molecule has 0 bridgehead atoms. The Hall–Kier alpha value is -1.63. The zero-order valence-electron chi connectivity index (χ0n) is 9.49. The maximum absolute atomic E-state index is 13.1. The highest BCUT2D eigenvalue weighted by molar-refractivity contribution is 9.10. The molecule has 18 heavy (non-hydrogen) atoms. The van der Waals surface area contributed by atoms with Crippen LogP contribution in [0, 0.1) is 5.82 Å². The van der Waals surface area contributed by atoms with Gasteiger partial charge in [0.25, 0.3) is 5.91 Å². The van der Waals surface area contributed by atoms with Crippen LogP contribution in [0.4, 0.5) is 4.39 Å². The molecule has 1 aromatic rings. The van der Waals surface area contributed by atoms with Gasteiger partial charge in [-0.2, -0.15) is 0 Å². The highest BCUT2D eigenvalue weighted by Gasteiger charge is 2.07. The molecule has 5 nitrogen and oxygen atoms in total. The molecule has 4 N–H and O–H groups in total. The zero-order chi connectivity index (χ0) is 13.5. The third-order valence-electron chi connectivity index (χ3n) is 2.15. The van der Waals surface area contributed by atoms with Crippen LogP contribution in [0.15, 0.2) is 27.8 Å². The first-order valence-electron chi connectivity index (χ1n) is 5.23. The van der Waals surface area contributed by atoms with Gasteiger partial charge in [-0.05, 0) is 24.6 Å². The Morgan fingerprint density at radius 1 is 1.50 bits per heavy atom. The molecular weight excluding hydrogens is 305 g/mol. The summed E-state index contributed by atoms with van der Waals surface area (Å²) in [5, 5.41) is 13.7. The predicted octanol–water partition coefficient (Wildman–Crippen LogP) is 1.84. The highest BCUT2D eigenvalue weighted by atomic mass is 79.9. The fraction of sp³-hybridized carbons (Fsp3) is 0.273. The van der Waals surface area contributed by atoms with Crippen molar-refractivity contribution < 1.29 is 14.4 Å². The highest BCUT2D eigenvalue weighted by Crippen LogP contribution is 2.14. The third-order valence-corrected chi connectivity index (χ3v) is 2.61. The minimum atomic E-state index is -0.480. The maximum atomic E-state index is 13.1. The van der Waals surface area contributed by atoms with E-state index in [0.29, 0.717) is 23.9 Å². The van der Waals surface area contributed by atoms with Crippen molar-refractivity contribution in [3.05, 3.63) is 34.1 Å². The number of benzene rings is 1. The summed E-state index contributed by atoms with van der Waals surface area (Å²) >= 11 is 3.11. The van der Waals surface area contributed by atoms with Gasteiger partial charge in [-0.3, -0.25) is 4.79 Å². The largest absolute Gasteiger partial charge is 0.409 e. The number of carbonyl (C=O) groups excluding carboxylic acids is 1. The molecule has 98 valence electrons. The maximum Gasteiger partial charge on any atom is 0.251 e. The zero-order valence-corrected chi connectivity index (χ0v) is 11.1. The smallest absolute Gasteiger partial charge is 0.251 e. The summed E-state index contributed by atoms with van der Waals surface area (Å²) < 4.78 is 13.6. The van der Waals surface area contributed by atoms with E-state index in [2.05, 4.69) is 26.4 Å². The molecule has 0 fully saturated rings. The Kier molecular flexibility index (Phi) is 5.57. The molecule has 0 heterocycles. The number of nitrogens with two attached hydrogens (primary N) is 1. The number of nitrogens with one attached hydrogen (secondary N) is 1. The molecule has 0 aliphatic heterocycles. The van der Waals surface area contributed by atoms with Gasteiger partial charge in [0.05, 0.1) is 0 Å². The molecule has 0 unspecified atom stereocenters. The van der Waals surface area contributed by atoms with Gasteiger partial charge in [-0.25, -0.2) is 4.39 Å². The van der Waals surface area contributed by atoms with Crippen LogP contribution in [0.1, 0.15) is 23.2 Å². The number of carbonyl (C=O) groups is 1. The predicted molar refractivity (Wildman–Crippen MR) is 69.1 cm³/mol. The lowest BCUT2D eigenvalue weighted by Crippen LogP contribution is -2.25. The third kappa shape index (κ3) is 4.70. The van der Waals surface area contributed by atoms with Crippen molar-refractivity contribution in [2.45, 2.75) is 12.8 Å². The van der Waals surface area contributed by atoms with E-state index in [9.17, 15) is 9.18 Å². The topological polar surface area (TPSA) is 87.7 Å². The molecule has 0 aliphatic rings. The van der Waals surface area contributed by atoms with Crippen LogP contribution >= 0.6 is 15.9 Å². The molecule has 0 saturated heterocycles. The number of nitrogens with zero attached hydrogens (tertiary/aromatic N) is 1. The van der Waals surface area contributed by atoms with E-state index in [1.165, 1.54) is 12.1 Å². The Morgan fingerprint density at radius 3 is 2.83 bits per heavy atom. The summed E-state index contributed by atoms with van der Waals surface area (Å²) in [5.74, 6) is -0.737. The molecule has 0 spiro atoms. The van der Waals surface area contributed by atoms with Crippen molar-refractivity contribution in [3.63, 3.8) is 0 Å². The van der Waals surface area contributed by atoms with Gasteiger partial charge in [0.15, 0.2) is 0 Å². The number of hydrogen-bond donors (Lipinski definition) is 3. The van der Waals surface area contributed by atoms with E-state index in [-0.39, 0.29) is 17.3 Å². The molecule has 0 atom stereocenters. The van der Waals surface area contributed by atoms with Gasteiger partial charge in [0.1, 0.15) is 11.7 Å². The van der Waals surface area contributed by atoms with Crippen LogP contribution in [-0.2, 0) is 0 Å². The lowest BCUT2D eigenvalue weighted by molar-refractivity contribution is 0.0953. The van der Waals surface area contributed by atoms with E-state index < -0.39 is 5.82 Å². The first kappa shape index (κ1) is 14.4. The summed E-state index contributed by atoms with van der Waals surface area (Å²) in [5.41, 5.74) is 5.51. The molecule has 7 heteroatoms. The average molecular weight is 318 g/mol. The first-order chi connectivity index (χ1) is 8.52. The van der Waals surface area contributed by atoms with E-state index in [4.69, 9.17) is 10.9 Å². The normalized spacial score (nSPS) is 11.3. The second-order valence-electron chi connectivity index (χ2n) is 3.61. The van der Waals surface area contributed by atoms with Gasteiger partial charge < -0.3 is 16.3 Å². The molecular formula is C11H13BrFN3O2. The summed E-state index contributed by atoms with van der Waals surface area (Å²) in [4.78, 5) is 11.7. The van der Waals surface area contributed by atoms with Gasteiger partial charge in [-0.1, -0.05) is 21.1 Å². The van der Waals surface area contributed by atoms with Crippen LogP contribution in [0.25, 0.3) is 0 Å². The van der Waals surface area contributed by atoms with Crippen LogP contribution in [-0.4, -0.2) is 23.5 Å². The number of hydrogen-bond acceptors (Lipinski definition) is 3. The number of amides is 1. The van der Waals surface area contributed by atoms with Crippen LogP contribution in [0.2, 0.25) is 0 Å². The van der Waals surface area contributed by atoms with Gasteiger partial charge >= 0.3 is 0 Å². The summed E-state index contributed by atoms with van der Waals surface area (Å²) in [6, 6.07) is 3.96. The first-order valence-corrected chi connectivity index (χ1v) is 6.03. The molecule has 0 aliphatic carbocycles. The number of halogens is 2. The van der Waals surface area contributed by atoms with Crippen LogP contribution in [0.3, 0.4) is 0 Å². The fourth-order valence-corrected chi connectivity index (χ4v) is 1.77. The quantitative estimate of drug-likeness (QED) is 0.254. The SMILES string of the molecule is NC(CCCNC(=O)c1cc(F)cc(Br)c1)=NO. The van der Waals surface area contributed by atoms with E-state index in [0.717, 1.165) is 6.07 Å². The summed E-state index contributed by atoms with van der Waals surface area (Å²) in [6.07, 6.45) is 0.918. The van der Waals surface area contributed by atoms with E-state index in [1.54, 1.807) is 0 Å². The van der Waals surface area contributed by atoms with Gasteiger partial charge in [0, 0.05) is 23.0 Å². The van der Waals surface area contributed by atoms with Crippen molar-refractivity contribution in [1.29, 1.82) is 0 Å². The summed E-state index contributed by atoms with van der Waals surface area (Å²) in [7, 11) is 0. The minimum Gasteiger partial charge on any atom is -0.409 e. The average Bonchev–Trinajstić information content (AvgIpc) is 2.32. The van der Waals surface area contributed by atoms with Crippen LogP contribution < -0.4 is 11.1 Å². The van der Waals surface area contributed by atoms with Crippen molar-refractivity contribution in [3.8, 4) is 0 Å². The number of amidine groups is 1. The fourth-order valence-electron chi connectivity index (χ4n) is 1.31. The molecule has 1 aromatic carbocycles.